The highest BCUT2D eigenvalue weighted by atomic mass is 16.4. The highest BCUT2D eigenvalue weighted by Crippen LogP contribution is 2.39. The maximum absolute atomic E-state index is 10.9. The Bertz CT molecular complexity index is 380. The molecule has 17 heavy (non-hydrogen) atoms. The van der Waals surface area contributed by atoms with Crippen LogP contribution in [-0.4, -0.2) is 11.1 Å². The summed E-state index contributed by atoms with van der Waals surface area (Å²) in [5.41, 5.74) is 2.58. The Morgan fingerprint density at radius 3 is 2.53 bits per heavy atom. The SMILES string of the molecule is Cc1ccc(C2CCCCC2CC(=O)O)cc1. The van der Waals surface area contributed by atoms with Gasteiger partial charge >= 0.3 is 5.97 Å². The summed E-state index contributed by atoms with van der Waals surface area (Å²) in [5, 5.41) is 8.97. The van der Waals surface area contributed by atoms with Crippen LogP contribution in [0.15, 0.2) is 24.3 Å². The molecular weight excluding hydrogens is 212 g/mol. The maximum Gasteiger partial charge on any atom is 0.303 e. The van der Waals surface area contributed by atoms with Gasteiger partial charge in [0.15, 0.2) is 0 Å². The molecule has 0 spiro atoms. The molecule has 2 unspecified atom stereocenters. The van der Waals surface area contributed by atoms with Crippen molar-refractivity contribution in [2.75, 3.05) is 0 Å². The van der Waals surface area contributed by atoms with Crippen LogP contribution in [0.3, 0.4) is 0 Å². The van der Waals surface area contributed by atoms with E-state index in [1.54, 1.807) is 0 Å². The number of benzene rings is 1. The molecule has 2 nitrogen and oxygen atoms in total. The number of hydrogen-bond acceptors (Lipinski definition) is 1. The van der Waals surface area contributed by atoms with E-state index in [0.717, 1.165) is 12.8 Å². The predicted octanol–water partition coefficient (Wildman–Crippen LogP) is 3.74. The summed E-state index contributed by atoms with van der Waals surface area (Å²) < 4.78 is 0. The second-order valence-electron chi connectivity index (χ2n) is 5.16. The third kappa shape index (κ3) is 3.09. The van der Waals surface area contributed by atoms with Crippen LogP contribution < -0.4 is 0 Å². The minimum Gasteiger partial charge on any atom is -0.481 e. The third-order valence-corrected chi connectivity index (χ3v) is 3.85. The minimum absolute atomic E-state index is 0.318. The van der Waals surface area contributed by atoms with Crippen molar-refractivity contribution in [2.45, 2.75) is 44.9 Å². The smallest absolute Gasteiger partial charge is 0.303 e. The highest BCUT2D eigenvalue weighted by molar-refractivity contribution is 5.67. The van der Waals surface area contributed by atoms with E-state index in [1.165, 1.54) is 24.0 Å². The third-order valence-electron chi connectivity index (χ3n) is 3.85. The average Bonchev–Trinajstić information content (AvgIpc) is 2.30. The molecule has 1 fully saturated rings. The summed E-state index contributed by atoms with van der Waals surface area (Å²) in [5.74, 6) is 0.110. The van der Waals surface area contributed by atoms with E-state index in [1.807, 2.05) is 0 Å². The molecule has 0 radical (unpaired) electrons. The van der Waals surface area contributed by atoms with Gasteiger partial charge in [0, 0.05) is 6.42 Å². The second kappa shape index (κ2) is 5.35. The molecule has 1 aliphatic rings. The quantitative estimate of drug-likeness (QED) is 0.861. The molecule has 2 heteroatoms. The summed E-state index contributed by atoms with van der Waals surface area (Å²) in [7, 11) is 0. The Morgan fingerprint density at radius 1 is 1.24 bits per heavy atom. The molecule has 0 amide bonds. The summed E-state index contributed by atoms with van der Waals surface area (Å²) >= 11 is 0. The van der Waals surface area contributed by atoms with Gasteiger partial charge in [0.25, 0.3) is 0 Å². The van der Waals surface area contributed by atoms with Gasteiger partial charge in [0.1, 0.15) is 0 Å². The molecule has 2 rings (SSSR count). The Balaban J connectivity index is 2.15. The molecule has 0 aromatic heterocycles. The van der Waals surface area contributed by atoms with Gasteiger partial charge in [-0.05, 0) is 37.2 Å². The van der Waals surface area contributed by atoms with Crippen LogP contribution in [0.1, 0.15) is 49.1 Å². The molecule has 0 saturated heterocycles. The molecular formula is C15H20O2. The largest absolute Gasteiger partial charge is 0.481 e. The monoisotopic (exact) mass is 232 g/mol. The lowest BCUT2D eigenvalue weighted by molar-refractivity contribution is -0.138. The normalized spacial score (nSPS) is 24.5. The average molecular weight is 232 g/mol. The summed E-state index contributed by atoms with van der Waals surface area (Å²) in [4.78, 5) is 10.9. The molecule has 1 saturated carbocycles. The van der Waals surface area contributed by atoms with Crippen molar-refractivity contribution in [1.82, 2.24) is 0 Å². The lowest BCUT2D eigenvalue weighted by Gasteiger charge is -2.31. The molecule has 2 atom stereocenters. The van der Waals surface area contributed by atoms with Gasteiger partial charge in [-0.15, -0.1) is 0 Å². The number of carboxylic acid groups (broad SMARTS) is 1. The van der Waals surface area contributed by atoms with E-state index >= 15 is 0 Å². The second-order valence-corrected chi connectivity index (χ2v) is 5.16. The van der Waals surface area contributed by atoms with Gasteiger partial charge in [-0.3, -0.25) is 4.79 Å². The van der Waals surface area contributed by atoms with Crippen LogP contribution >= 0.6 is 0 Å². The van der Waals surface area contributed by atoms with Gasteiger partial charge < -0.3 is 5.11 Å². The zero-order valence-corrected chi connectivity index (χ0v) is 10.4. The molecule has 1 aromatic carbocycles. The number of hydrogen-bond donors (Lipinski definition) is 1. The van der Waals surface area contributed by atoms with E-state index in [0.29, 0.717) is 18.3 Å². The highest BCUT2D eigenvalue weighted by Gasteiger charge is 2.27. The first kappa shape index (κ1) is 12.2. The summed E-state index contributed by atoms with van der Waals surface area (Å²) in [6, 6.07) is 8.59. The van der Waals surface area contributed by atoms with Crippen molar-refractivity contribution in [2.24, 2.45) is 5.92 Å². The van der Waals surface area contributed by atoms with E-state index in [4.69, 9.17) is 5.11 Å². The first-order valence-corrected chi connectivity index (χ1v) is 6.45. The molecule has 92 valence electrons. The number of carbonyl (C=O) groups is 1. The Kier molecular flexibility index (Phi) is 3.82. The maximum atomic E-state index is 10.9. The van der Waals surface area contributed by atoms with Gasteiger partial charge in [0.2, 0.25) is 0 Å². The number of aliphatic carboxylic acids is 1. The van der Waals surface area contributed by atoms with Crippen LogP contribution in [0.5, 0.6) is 0 Å². The lowest BCUT2D eigenvalue weighted by Crippen LogP contribution is -2.20. The zero-order chi connectivity index (χ0) is 12.3. The summed E-state index contributed by atoms with van der Waals surface area (Å²) in [6.07, 6.45) is 4.93. The van der Waals surface area contributed by atoms with Gasteiger partial charge in [-0.1, -0.05) is 42.7 Å². The van der Waals surface area contributed by atoms with Crippen LogP contribution in [0, 0.1) is 12.8 Å². The van der Waals surface area contributed by atoms with Crippen LogP contribution in [0.25, 0.3) is 0 Å². The van der Waals surface area contributed by atoms with E-state index in [9.17, 15) is 4.79 Å². The molecule has 1 aliphatic carbocycles. The molecule has 1 aromatic rings. The predicted molar refractivity (Wildman–Crippen MR) is 68.1 cm³/mol. The summed E-state index contributed by atoms with van der Waals surface area (Å²) in [6.45, 7) is 2.08. The number of aryl methyl sites for hydroxylation is 1. The van der Waals surface area contributed by atoms with Crippen molar-refractivity contribution >= 4 is 5.97 Å². The molecule has 0 bridgehead atoms. The first-order valence-electron chi connectivity index (χ1n) is 6.45. The molecule has 0 heterocycles. The fourth-order valence-corrected chi connectivity index (χ4v) is 2.93. The van der Waals surface area contributed by atoms with Crippen molar-refractivity contribution < 1.29 is 9.90 Å². The van der Waals surface area contributed by atoms with E-state index < -0.39 is 5.97 Å². The van der Waals surface area contributed by atoms with Crippen LogP contribution in [0.4, 0.5) is 0 Å². The zero-order valence-electron chi connectivity index (χ0n) is 10.4. The van der Waals surface area contributed by atoms with Crippen molar-refractivity contribution in [3.63, 3.8) is 0 Å². The fourth-order valence-electron chi connectivity index (χ4n) is 2.93. The van der Waals surface area contributed by atoms with Gasteiger partial charge in [-0.2, -0.15) is 0 Å². The lowest BCUT2D eigenvalue weighted by atomic mass is 9.74. The topological polar surface area (TPSA) is 37.3 Å². The number of rotatable bonds is 3. The number of carboxylic acids is 1. The van der Waals surface area contributed by atoms with Crippen LogP contribution in [-0.2, 0) is 4.79 Å². The molecule has 0 aliphatic heterocycles. The van der Waals surface area contributed by atoms with E-state index in [-0.39, 0.29) is 0 Å². The standard InChI is InChI=1S/C15H20O2/c1-11-6-8-12(9-7-11)14-5-3-2-4-13(14)10-15(16)17/h6-9,13-14H,2-5,10H2,1H3,(H,16,17). The van der Waals surface area contributed by atoms with E-state index in [2.05, 4.69) is 31.2 Å². The van der Waals surface area contributed by atoms with Crippen molar-refractivity contribution in [3.8, 4) is 0 Å². The van der Waals surface area contributed by atoms with Gasteiger partial charge in [-0.25, -0.2) is 0 Å². The fraction of sp³-hybridized carbons (Fsp3) is 0.533. The Labute approximate surface area is 103 Å². The van der Waals surface area contributed by atoms with Crippen LogP contribution in [0.2, 0.25) is 0 Å². The Morgan fingerprint density at radius 2 is 1.88 bits per heavy atom. The molecule has 1 N–H and O–H groups in total. The van der Waals surface area contributed by atoms with Crippen molar-refractivity contribution in [1.29, 1.82) is 0 Å². The minimum atomic E-state index is -0.658. The van der Waals surface area contributed by atoms with Gasteiger partial charge in [0.05, 0.1) is 0 Å². The Hall–Kier alpha value is -1.31. The first-order chi connectivity index (χ1) is 8.16. The van der Waals surface area contributed by atoms with Crippen molar-refractivity contribution in [3.05, 3.63) is 35.4 Å².